The number of ether oxygens (including phenoxy) is 3. The van der Waals surface area contributed by atoms with Gasteiger partial charge in [-0.3, -0.25) is 4.79 Å². The summed E-state index contributed by atoms with van der Waals surface area (Å²) in [7, 11) is -3.85. The van der Waals surface area contributed by atoms with Crippen LogP contribution in [0.5, 0.6) is 17.4 Å². The molecule has 208 valence electrons. The topological polar surface area (TPSA) is 127 Å². The van der Waals surface area contributed by atoms with Gasteiger partial charge in [-0.05, 0) is 68.7 Å². The minimum atomic E-state index is -3.85. The molecule has 0 radical (unpaired) electrons. The third-order valence-corrected chi connectivity index (χ3v) is 7.45. The first kappa shape index (κ1) is 28.2. The molecule has 1 saturated heterocycles. The van der Waals surface area contributed by atoms with E-state index in [2.05, 4.69) is 11.6 Å². The third-order valence-electron chi connectivity index (χ3n) is 6.05. The quantitative estimate of drug-likeness (QED) is 0.478. The average molecular weight is 556 g/mol. The fourth-order valence-corrected chi connectivity index (χ4v) is 5.05. The first-order valence-electron chi connectivity index (χ1n) is 12.6. The lowest BCUT2D eigenvalue weighted by molar-refractivity contribution is -0.117. The molecule has 1 fully saturated rings. The van der Waals surface area contributed by atoms with Gasteiger partial charge < -0.3 is 19.3 Å². The number of nitrogens with zero attached hydrogens (tertiary/aromatic N) is 2. The Morgan fingerprint density at radius 1 is 1.18 bits per heavy atom. The first-order chi connectivity index (χ1) is 18.5. The van der Waals surface area contributed by atoms with Crippen LogP contribution in [-0.4, -0.2) is 49.3 Å². The number of hydrogen-bond acceptors (Lipinski definition) is 8. The molecule has 1 aliphatic carbocycles. The number of carbonyl (C=O) groups excluding carboxylic acids is 1. The summed E-state index contributed by atoms with van der Waals surface area (Å²) in [6.45, 7) is 7.76. The predicted octanol–water partition coefficient (Wildman–Crippen LogP) is 3.81. The van der Waals surface area contributed by atoms with Crippen LogP contribution in [0.1, 0.15) is 39.5 Å². The highest BCUT2D eigenvalue weighted by atomic mass is 32.2. The molecule has 0 saturated carbocycles. The van der Waals surface area contributed by atoms with E-state index in [0.29, 0.717) is 61.1 Å². The Morgan fingerprint density at radius 3 is 2.56 bits per heavy atom. The zero-order valence-corrected chi connectivity index (χ0v) is 22.8. The number of benzene rings is 1. The van der Waals surface area contributed by atoms with Gasteiger partial charge in [0.15, 0.2) is 0 Å². The van der Waals surface area contributed by atoms with E-state index in [4.69, 9.17) is 14.2 Å². The first-order valence-corrected chi connectivity index (χ1v) is 14.1. The van der Waals surface area contributed by atoms with Crippen molar-refractivity contribution in [2.75, 3.05) is 17.5 Å². The Kier molecular flexibility index (Phi) is 8.61. The van der Waals surface area contributed by atoms with Gasteiger partial charge >= 0.3 is 10.2 Å². The van der Waals surface area contributed by atoms with Crippen LogP contribution in [0.15, 0.2) is 78.7 Å². The number of anilines is 1. The summed E-state index contributed by atoms with van der Waals surface area (Å²) in [6, 6.07) is 10.1. The number of nitrogens with one attached hydrogen (secondary N) is 1. The molecule has 39 heavy (non-hydrogen) atoms. The maximum Gasteiger partial charge on any atom is 0.326 e. The molecular formula is C28H33N3O7S. The average Bonchev–Trinajstić information content (AvgIpc) is 3.19. The van der Waals surface area contributed by atoms with Crippen molar-refractivity contribution in [2.45, 2.75) is 51.2 Å². The molecule has 2 aliphatic rings. The summed E-state index contributed by atoms with van der Waals surface area (Å²) in [5.74, 6) is 1.66. The molecule has 1 amide bonds. The van der Waals surface area contributed by atoms with E-state index in [1.807, 2.05) is 23.0 Å². The molecule has 1 aromatic carbocycles. The van der Waals surface area contributed by atoms with Crippen LogP contribution >= 0.6 is 0 Å². The number of carbonyl (C=O) groups is 1. The van der Waals surface area contributed by atoms with Gasteiger partial charge in [0, 0.05) is 18.9 Å². The molecule has 4 rings (SSSR count). The maximum absolute atomic E-state index is 12.0. The highest BCUT2D eigenvalue weighted by Crippen LogP contribution is 2.28. The van der Waals surface area contributed by atoms with E-state index in [1.54, 1.807) is 56.4 Å². The minimum Gasteiger partial charge on any atom is -0.490 e. The van der Waals surface area contributed by atoms with Crippen LogP contribution in [-0.2, 0) is 15.0 Å². The number of aromatic nitrogens is 1. The van der Waals surface area contributed by atoms with Gasteiger partial charge in [-0.2, -0.15) is 8.42 Å². The normalized spacial score (nSPS) is 20.2. The molecule has 0 spiro atoms. The second kappa shape index (κ2) is 11.9. The molecule has 1 atom stereocenters. The predicted molar refractivity (Wildman–Crippen MR) is 147 cm³/mol. The number of aliphatic hydroxyl groups is 1. The van der Waals surface area contributed by atoms with Crippen molar-refractivity contribution < 1.29 is 32.5 Å². The van der Waals surface area contributed by atoms with Crippen LogP contribution in [0.3, 0.4) is 0 Å². The van der Waals surface area contributed by atoms with Crippen molar-refractivity contribution in [3.05, 3.63) is 78.7 Å². The largest absolute Gasteiger partial charge is 0.490 e. The van der Waals surface area contributed by atoms with E-state index in [1.165, 1.54) is 0 Å². The number of allylic oxidation sites excluding steroid dienone is 3. The Bertz CT molecular complexity index is 1350. The molecule has 1 aromatic heterocycles. The van der Waals surface area contributed by atoms with E-state index in [-0.39, 0.29) is 12.6 Å². The molecular weight excluding hydrogens is 522 g/mol. The van der Waals surface area contributed by atoms with Gasteiger partial charge in [0.05, 0.1) is 24.1 Å². The van der Waals surface area contributed by atoms with E-state index >= 15 is 0 Å². The highest BCUT2D eigenvalue weighted by molar-refractivity contribution is 7.92. The van der Waals surface area contributed by atoms with E-state index in [9.17, 15) is 18.3 Å². The van der Waals surface area contributed by atoms with E-state index in [0.717, 1.165) is 9.88 Å². The van der Waals surface area contributed by atoms with Crippen LogP contribution in [0, 0.1) is 0 Å². The third kappa shape index (κ3) is 8.08. The number of amides is 1. The lowest BCUT2D eigenvalue weighted by atomic mass is 10.1. The van der Waals surface area contributed by atoms with Gasteiger partial charge in [0.25, 0.3) is 5.91 Å². The van der Waals surface area contributed by atoms with Gasteiger partial charge in [-0.25, -0.2) is 14.0 Å². The van der Waals surface area contributed by atoms with Crippen molar-refractivity contribution in [1.82, 2.24) is 9.71 Å². The Labute approximate surface area is 228 Å². The summed E-state index contributed by atoms with van der Waals surface area (Å²) in [6.07, 6.45) is 9.69. The second-order valence-electron chi connectivity index (χ2n) is 9.95. The summed E-state index contributed by atoms with van der Waals surface area (Å²) in [5.41, 5.74) is 0.402. The lowest BCUT2D eigenvalue weighted by Gasteiger charge is -2.20. The van der Waals surface area contributed by atoms with Gasteiger partial charge in [-0.15, -0.1) is 0 Å². The second-order valence-corrected chi connectivity index (χ2v) is 11.5. The zero-order chi connectivity index (χ0) is 28.0. The van der Waals surface area contributed by atoms with Crippen LogP contribution in [0.2, 0.25) is 0 Å². The fraction of sp³-hybridized carbons (Fsp3) is 0.357. The number of rotatable bonds is 9. The molecule has 1 aliphatic heterocycles. The molecule has 2 heterocycles. The molecule has 2 N–H and O–H groups in total. The molecule has 0 bridgehead atoms. The van der Waals surface area contributed by atoms with Crippen molar-refractivity contribution in [3.63, 3.8) is 0 Å². The maximum atomic E-state index is 12.0. The van der Waals surface area contributed by atoms with Gasteiger partial charge in [0.1, 0.15) is 29.9 Å². The molecule has 2 aromatic rings. The molecule has 10 nitrogen and oxygen atoms in total. The number of hydrogen-bond donors (Lipinski definition) is 2. The van der Waals surface area contributed by atoms with E-state index < -0.39 is 21.7 Å². The Morgan fingerprint density at radius 2 is 1.92 bits per heavy atom. The van der Waals surface area contributed by atoms with Crippen molar-refractivity contribution in [3.8, 4) is 17.4 Å². The summed E-state index contributed by atoms with van der Waals surface area (Å²) in [4.78, 5) is 15.8. The smallest absolute Gasteiger partial charge is 0.326 e. The molecule has 11 heteroatoms. The molecule has 0 unspecified atom stereocenters. The van der Waals surface area contributed by atoms with Crippen LogP contribution in [0.4, 0.5) is 5.69 Å². The highest BCUT2D eigenvalue weighted by Gasteiger charge is 2.33. The Hall–Kier alpha value is -3.83. The number of pyridine rings is 1. The Balaban J connectivity index is 1.30. The van der Waals surface area contributed by atoms with Crippen molar-refractivity contribution >= 4 is 21.8 Å². The monoisotopic (exact) mass is 555 g/mol. The standard InChI is InChI=1S/C28H33N3O7S/c1-20-8-11-22(37-23-12-9-21(10-13-23)31-19-26(32)30-39(31,34)35)6-4-5-7-25(20)38-24-14-15-27(29-18-24)36-17-16-28(2,3)33/h4-5,7,9-10,12-15,18,22,33H,1,6,8,11,16-17,19H2,2-3H3,(H,30,32)/b5-4-,25-7?/t22-/m0/s1. The lowest BCUT2D eigenvalue weighted by Crippen LogP contribution is -2.29. The van der Waals surface area contributed by atoms with Crippen molar-refractivity contribution in [1.29, 1.82) is 0 Å². The van der Waals surface area contributed by atoms with Gasteiger partial charge in [-0.1, -0.05) is 18.7 Å². The fourth-order valence-electron chi connectivity index (χ4n) is 3.90. The zero-order valence-electron chi connectivity index (χ0n) is 22.0. The summed E-state index contributed by atoms with van der Waals surface area (Å²) in [5, 5.41) is 9.79. The van der Waals surface area contributed by atoms with Crippen LogP contribution < -0.4 is 23.2 Å². The summed E-state index contributed by atoms with van der Waals surface area (Å²) >= 11 is 0. The van der Waals surface area contributed by atoms with Gasteiger partial charge in [0.2, 0.25) is 5.88 Å². The minimum absolute atomic E-state index is 0.127. The SMILES string of the molecule is C=C1CC[C@@H](Oc2ccc(N3CC(=O)NS3(=O)=O)cc2)C/C=C\C=C1Oc1ccc(OCCC(C)(C)O)nc1. The van der Waals surface area contributed by atoms with Crippen molar-refractivity contribution in [2.24, 2.45) is 0 Å². The summed E-state index contributed by atoms with van der Waals surface area (Å²) < 4.78 is 44.9. The van der Waals surface area contributed by atoms with Crippen LogP contribution in [0.25, 0.3) is 0 Å².